The van der Waals surface area contributed by atoms with Gasteiger partial charge in [-0.15, -0.1) is 0 Å². The van der Waals surface area contributed by atoms with Crippen molar-refractivity contribution < 1.29 is 13.9 Å². The van der Waals surface area contributed by atoms with Gasteiger partial charge in [-0.05, 0) is 67.1 Å². The molecule has 1 aliphatic rings. The van der Waals surface area contributed by atoms with Crippen molar-refractivity contribution in [2.45, 2.75) is 32.2 Å². The SMILES string of the molecule is C=C(C)c1[nH]c2ccccc2c1C1CCCN(Cc2ccc(C=CC(=O)OC)cc2F)C1. The molecule has 0 aliphatic carbocycles. The number of esters is 1. The normalized spacial score (nSPS) is 17.2. The zero-order valence-electron chi connectivity index (χ0n) is 18.7. The Morgan fingerprint density at radius 2 is 2.12 bits per heavy atom. The van der Waals surface area contributed by atoms with Crippen LogP contribution < -0.4 is 0 Å². The number of nitrogens with one attached hydrogen (secondary N) is 1. The molecule has 0 radical (unpaired) electrons. The van der Waals surface area contributed by atoms with Gasteiger partial charge in [-0.3, -0.25) is 4.90 Å². The molecular weight excluding hydrogens is 403 g/mol. The van der Waals surface area contributed by atoms with E-state index in [1.54, 1.807) is 12.1 Å². The van der Waals surface area contributed by atoms with Crippen molar-refractivity contribution >= 4 is 28.5 Å². The summed E-state index contributed by atoms with van der Waals surface area (Å²) < 4.78 is 19.3. The van der Waals surface area contributed by atoms with Crippen molar-refractivity contribution in [2.24, 2.45) is 0 Å². The van der Waals surface area contributed by atoms with E-state index in [-0.39, 0.29) is 5.82 Å². The number of nitrogens with zero attached hydrogens (tertiary/aromatic N) is 1. The lowest BCUT2D eigenvalue weighted by atomic mass is 9.87. The van der Waals surface area contributed by atoms with Gasteiger partial charge in [0.15, 0.2) is 0 Å². The second-order valence-corrected chi connectivity index (χ2v) is 8.52. The van der Waals surface area contributed by atoms with Gasteiger partial charge in [0.05, 0.1) is 7.11 Å². The Balaban J connectivity index is 1.53. The monoisotopic (exact) mass is 432 g/mol. The van der Waals surface area contributed by atoms with Gasteiger partial charge in [-0.25, -0.2) is 9.18 Å². The summed E-state index contributed by atoms with van der Waals surface area (Å²) in [5.74, 6) is -0.342. The first-order valence-electron chi connectivity index (χ1n) is 11.0. The minimum atomic E-state index is -0.458. The zero-order chi connectivity index (χ0) is 22.7. The number of likely N-dealkylation sites (tertiary alicyclic amines) is 1. The van der Waals surface area contributed by atoms with Crippen LogP contribution >= 0.6 is 0 Å². The largest absolute Gasteiger partial charge is 0.466 e. The van der Waals surface area contributed by atoms with Gasteiger partial charge >= 0.3 is 5.97 Å². The van der Waals surface area contributed by atoms with Crippen molar-refractivity contribution in [3.8, 4) is 0 Å². The molecule has 1 saturated heterocycles. The molecule has 4 nitrogen and oxygen atoms in total. The van der Waals surface area contributed by atoms with Crippen LogP contribution in [-0.4, -0.2) is 36.1 Å². The maximum Gasteiger partial charge on any atom is 0.330 e. The van der Waals surface area contributed by atoms with Crippen LogP contribution in [0.15, 0.2) is 55.1 Å². The Hall–Kier alpha value is -3.18. The molecule has 1 aliphatic heterocycles. The van der Waals surface area contributed by atoms with E-state index in [4.69, 9.17) is 0 Å². The predicted octanol–water partition coefficient (Wildman–Crippen LogP) is 5.91. The molecule has 1 unspecified atom stereocenters. The number of aromatic amines is 1. The summed E-state index contributed by atoms with van der Waals surface area (Å²) in [5, 5.41) is 1.25. The van der Waals surface area contributed by atoms with Crippen molar-refractivity contribution in [3.63, 3.8) is 0 Å². The summed E-state index contributed by atoms with van der Waals surface area (Å²) in [5.41, 5.74) is 5.94. The van der Waals surface area contributed by atoms with Crippen molar-refractivity contribution in [2.75, 3.05) is 20.2 Å². The highest BCUT2D eigenvalue weighted by molar-refractivity contribution is 5.89. The molecular formula is C27H29FN2O2. The Labute approximate surface area is 188 Å². The third-order valence-electron chi connectivity index (χ3n) is 6.17. The molecule has 3 aromatic rings. The van der Waals surface area contributed by atoms with Gasteiger partial charge in [-0.1, -0.05) is 36.9 Å². The second kappa shape index (κ2) is 9.53. The van der Waals surface area contributed by atoms with Crippen LogP contribution in [0.2, 0.25) is 0 Å². The van der Waals surface area contributed by atoms with Gasteiger partial charge < -0.3 is 9.72 Å². The van der Waals surface area contributed by atoms with Crippen LogP contribution in [0.5, 0.6) is 0 Å². The lowest BCUT2D eigenvalue weighted by Gasteiger charge is -2.33. The molecule has 2 heterocycles. The van der Waals surface area contributed by atoms with E-state index in [9.17, 15) is 9.18 Å². The van der Waals surface area contributed by atoms with E-state index in [1.807, 2.05) is 19.1 Å². The Bertz CT molecular complexity index is 1180. The van der Waals surface area contributed by atoms with Gasteiger partial charge in [0.25, 0.3) is 0 Å². The van der Waals surface area contributed by atoms with Gasteiger partial charge in [0.2, 0.25) is 0 Å². The van der Waals surface area contributed by atoms with Gasteiger partial charge in [0.1, 0.15) is 5.82 Å². The molecule has 0 amide bonds. The highest BCUT2D eigenvalue weighted by Gasteiger charge is 2.27. The molecule has 1 fully saturated rings. The lowest BCUT2D eigenvalue weighted by Crippen LogP contribution is -2.34. The number of rotatable bonds is 6. The third-order valence-corrected chi connectivity index (χ3v) is 6.17. The average Bonchev–Trinajstić information content (AvgIpc) is 3.19. The van der Waals surface area contributed by atoms with Crippen molar-refractivity contribution in [1.29, 1.82) is 0 Å². The van der Waals surface area contributed by atoms with Gasteiger partial charge in [0, 0.05) is 41.3 Å². The summed E-state index contributed by atoms with van der Waals surface area (Å²) >= 11 is 0. The number of aromatic nitrogens is 1. The molecule has 4 rings (SSSR count). The van der Waals surface area contributed by atoms with E-state index in [0.29, 0.717) is 23.6 Å². The van der Waals surface area contributed by atoms with Crippen LogP contribution in [0.3, 0.4) is 0 Å². The van der Waals surface area contributed by atoms with E-state index in [0.717, 1.165) is 42.7 Å². The number of allylic oxidation sites excluding steroid dienone is 1. The predicted molar refractivity (Wildman–Crippen MR) is 128 cm³/mol. The average molecular weight is 433 g/mol. The zero-order valence-corrected chi connectivity index (χ0v) is 18.7. The number of H-pyrrole nitrogens is 1. The third kappa shape index (κ3) is 4.68. The fraction of sp³-hybridized carbons (Fsp3) is 0.296. The number of carbonyl (C=O) groups excluding carboxylic acids is 1. The molecule has 1 atom stereocenters. The lowest BCUT2D eigenvalue weighted by molar-refractivity contribution is -0.134. The van der Waals surface area contributed by atoms with Crippen LogP contribution in [0, 0.1) is 5.82 Å². The van der Waals surface area contributed by atoms with Gasteiger partial charge in [-0.2, -0.15) is 0 Å². The molecule has 0 spiro atoms. The summed E-state index contributed by atoms with van der Waals surface area (Å²) in [6, 6.07) is 13.5. The van der Waals surface area contributed by atoms with Crippen molar-refractivity contribution in [3.05, 3.63) is 83.3 Å². The Morgan fingerprint density at radius 3 is 2.88 bits per heavy atom. The molecule has 32 heavy (non-hydrogen) atoms. The standard InChI is InChI=1S/C27H29FN2O2/c1-18(2)27-26(22-8-4-5-9-24(22)29-27)21-7-6-14-30(17-21)16-20-12-10-19(15-23(20)28)11-13-25(31)32-3/h4-5,8-13,15,21,29H,1,6-7,14,16-17H2,2-3H3. The number of ether oxygens (including phenoxy) is 1. The second-order valence-electron chi connectivity index (χ2n) is 8.52. The van der Waals surface area contributed by atoms with E-state index in [2.05, 4.69) is 39.4 Å². The summed E-state index contributed by atoms with van der Waals surface area (Å²) in [7, 11) is 1.32. The number of methoxy groups -OCH3 is 1. The van der Waals surface area contributed by atoms with Crippen LogP contribution in [0.1, 0.15) is 48.1 Å². The first-order chi connectivity index (χ1) is 15.5. The number of fused-ring (bicyclic) bond motifs is 1. The topological polar surface area (TPSA) is 45.3 Å². The number of hydrogen-bond acceptors (Lipinski definition) is 3. The fourth-order valence-corrected chi connectivity index (χ4v) is 4.63. The molecule has 1 aromatic heterocycles. The van der Waals surface area contributed by atoms with Crippen LogP contribution in [0.4, 0.5) is 4.39 Å². The van der Waals surface area contributed by atoms with E-state index >= 15 is 0 Å². The maximum atomic E-state index is 14.8. The molecule has 1 N–H and O–H groups in total. The maximum absolute atomic E-state index is 14.8. The molecule has 0 saturated carbocycles. The van der Waals surface area contributed by atoms with E-state index < -0.39 is 5.97 Å². The highest BCUT2D eigenvalue weighted by Crippen LogP contribution is 2.37. The number of para-hydroxylation sites is 1. The first kappa shape index (κ1) is 22.0. The van der Waals surface area contributed by atoms with Crippen LogP contribution in [-0.2, 0) is 16.1 Å². The molecule has 5 heteroatoms. The number of halogens is 1. The van der Waals surface area contributed by atoms with Crippen LogP contribution in [0.25, 0.3) is 22.6 Å². The number of hydrogen-bond donors (Lipinski definition) is 1. The smallest absolute Gasteiger partial charge is 0.330 e. The number of piperidine rings is 1. The summed E-state index contributed by atoms with van der Waals surface area (Å²) in [6.07, 6.45) is 5.04. The number of carbonyl (C=O) groups is 1. The summed E-state index contributed by atoms with van der Waals surface area (Å²) in [4.78, 5) is 17.1. The van der Waals surface area contributed by atoms with E-state index in [1.165, 1.54) is 30.2 Å². The minimum Gasteiger partial charge on any atom is -0.466 e. The Morgan fingerprint density at radius 1 is 1.31 bits per heavy atom. The first-order valence-corrected chi connectivity index (χ1v) is 11.0. The highest BCUT2D eigenvalue weighted by atomic mass is 19.1. The van der Waals surface area contributed by atoms with Crippen molar-refractivity contribution in [1.82, 2.24) is 9.88 Å². The molecule has 166 valence electrons. The number of benzene rings is 2. The molecule has 2 aromatic carbocycles. The Kier molecular flexibility index (Phi) is 6.56. The summed E-state index contributed by atoms with van der Waals surface area (Å²) in [6.45, 7) is 8.62. The fourth-order valence-electron chi connectivity index (χ4n) is 4.63. The quantitative estimate of drug-likeness (QED) is 0.389. The molecule has 0 bridgehead atoms. The minimum absolute atomic E-state index is 0.256.